The van der Waals surface area contributed by atoms with E-state index in [9.17, 15) is 4.39 Å². The van der Waals surface area contributed by atoms with Gasteiger partial charge in [0.1, 0.15) is 23.1 Å². The molecule has 0 fully saturated rings. The third kappa shape index (κ3) is 4.88. The highest BCUT2D eigenvalue weighted by Gasteiger charge is 2.22. The van der Waals surface area contributed by atoms with Crippen LogP contribution in [-0.2, 0) is 5.41 Å². The summed E-state index contributed by atoms with van der Waals surface area (Å²) in [4.78, 5) is 13.6. The molecule has 8 rings (SSSR count). The van der Waals surface area contributed by atoms with E-state index in [0.29, 0.717) is 11.1 Å². The Morgan fingerprint density at radius 2 is 1.40 bits per heavy atom. The highest BCUT2D eigenvalue weighted by Crippen LogP contribution is 2.39. The largest absolute Gasteiger partial charge is 0.344 e. The van der Waals surface area contributed by atoms with Gasteiger partial charge in [-0.15, -0.1) is 0 Å². The van der Waals surface area contributed by atoms with Gasteiger partial charge in [-0.1, -0.05) is 57.2 Å². The van der Waals surface area contributed by atoms with Crippen LogP contribution in [0.2, 0.25) is 0 Å². The highest BCUT2D eigenvalue weighted by atomic mass is 19.1. The molecule has 0 aliphatic heterocycles. The van der Waals surface area contributed by atoms with E-state index in [-0.39, 0.29) is 5.41 Å². The third-order valence-electron chi connectivity index (χ3n) is 9.03. The Balaban J connectivity index is 1.42. The van der Waals surface area contributed by atoms with Crippen molar-refractivity contribution in [3.05, 3.63) is 138 Å². The number of hydrogen-bond acceptors (Lipinski definition) is 2. The number of benzene rings is 4. The van der Waals surface area contributed by atoms with Gasteiger partial charge < -0.3 is 4.98 Å². The van der Waals surface area contributed by atoms with E-state index in [0.717, 1.165) is 72.8 Å². The van der Waals surface area contributed by atoms with Crippen LogP contribution in [0.5, 0.6) is 0 Å². The molecule has 47 heavy (non-hydrogen) atoms. The number of aromatic nitrogens is 4. The maximum Gasteiger partial charge on any atom is 0.147 e. The molecule has 0 aliphatic rings. The molecule has 0 unspecified atom stereocenters. The van der Waals surface area contributed by atoms with E-state index in [4.69, 9.17) is 4.98 Å². The van der Waals surface area contributed by atoms with Gasteiger partial charge in [-0.25, -0.2) is 13.8 Å². The highest BCUT2D eigenvalue weighted by molar-refractivity contribution is 6.10. The van der Waals surface area contributed by atoms with Gasteiger partial charge in [-0.3, -0.25) is 9.55 Å². The van der Waals surface area contributed by atoms with Crippen LogP contribution in [0.4, 0.5) is 8.78 Å². The van der Waals surface area contributed by atoms with E-state index in [1.165, 1.54) is 17.7 Å². The molecule has 0 bridgehead atoms. The second kappa shape index (κ2) is 10.7. The fourth-order valence-corrected chi connectivity index (χ4v) is 6.58. The average molecular weight is 619 g/mol. The van der Waals surface area contributed by atoms with Gasteiger partial charge in [0.25, 0.3) is 0 Å². The van der Waals surface area contributed by atoms with Crippen molar-refractivity contribution in [2.75, 3.05) is 0 Å². The lowest BCUT2D eigenvalue weighted by atomic mass is 9.86. The van der Waals surface area contributed by atoms with Crippen molar-refractivity contribution in [2.24, 2.45) is 0 Å². The maximum absolute atomic E-state index is 15.1. The van der Waals surface area contributed by atoms with Crippen LogP contribution in [0.25, 0.3) is 72.2 Å². The lowest BCUT2D eigenvalue weighted by Crippen LogP contribution is -2.10. The summed E-state index contributed by atoms with van der Waals surface area (Å²) in [5.74, 6) is -0.280. The summed E-state index contributed by atoms with van der Waals surface area (Å²) in [6.45, 7) is 8.76. The Bertz CT molecular complexity index is 2480. The molecule has 230 valence electrons. The minimum absolute atomic E-state index is 0.0242. The molecule has 1 N–H and O–H groups in total. The topological polar surface area (TPSA) is 46.5 Å². The molecule has 4 heterocycles. The van der Waals surface area contributed by atoms with Gasteiger partial charge in [0, 0.05) is 56.2 Å². The number of hydrogen-bond donors (Lipinski definition) is 1. The Kier molecular flexibility index (Phi) is 6.58. The molecule has 0 saturated carbocycles. The van der Waals surface area contributed by atoms with E-state index in [2.05, 4.69) is 90.8 Å². The minimum Gasteiger partial charge on any atom is -0.344 e. The molecule has 6 heteroatoms. The average Bonchev–Trinajstić information content (AvgIpc) is 3.57. The van der Waals surface area contributed by atoms with Crippen LogP contribution in [0.15, 0.2) is 115 Å². The standard InChI is InChI=1S/C41H32F2N4/c1-24-30-9-5-6-10-32(30)39(45-24)47-38-17-12-28(41(2,3)4)22-34(38)33-15-16-37(46-40(33)47)27-20-25(31-14-13-29(42)23-35(31)43)19-26(21-27)36-11-7-8-18-44-36/h5-23,45H,1-4H3. The van der Waals surface area contributed by atoms with Crippen molar-refractivity contribution in [3.63, 3.8) is 0 Å². The molecular formula is C41H32F2N4. The SMILES string of the molecule is Cc1[nH]c(-n2c3ccc(C(C)(C)C)cc3c3ccc(-c4cc(-c5ccccn5)cc(-c5ccc(F)cc5F)c4)nc32)c2ccccc12. The minimum atomic E-state index is -0.624. The smallest absolute Gasteiger partial charge is 0.147 e. The number of aromatic amines is 1. The van der Waals surface area contributed by atoms with Crippen LogP contribution in [-0.4, -0.2) is 19.5 Å². The molecule has 0 radical (unpaired) electrons. The van der Waals surface area contributed by atoms with E-state index in [1.807, 2.05) is 42.5 Å². The normalized spacial score (nSPS) is 12.0. The predicted octanol–water partition coefficient (Wildman–Crippen LogP) is 10.9. The first-order valence-corrected chi connectivity index (χ1v) is 15.7. The van der Waals surface area contributed by atoms with Crippen molar-refractivity contribution < 1.29 is 8.78 Å². The summed E-state index contributed by atoms with van der Waals surface area (Å²) < 4.78 is 31.3. The van der Waals surface area contributed by atoms with Gasteiger partial charge in [-0.2, -0.15) is 0 Å². The van der Waals surface area contributed by atoms with Crippen molar-refractivity contribution in [1.82, 2.24) is 19.5 Å². The van der Waals surface area contributed by atoms with Gasteiger partial charge in [-0.05, 0) is 90.2 Å². The fourth-order valence-electron chi connectivity index (χ4n) is 6.58. The van der Waals surface area contributed by atoms with Crippen molar-refractivity contribution in [3.8, 4) is 39.5 Å². The molecule has 0 saturated heterocycles. The molecule has 8 aromatic rings. The van der Waals surface area contributed by atoms with Crippen molar-refractivity contribution >= 4 is 32.7 Å². The predicted molar refractivity (Wildman–Crippen MR) is 188 cm³/mol. The molecule has 0 amide bonds. The quantitative estimate of drug-likeness (QED) is 0.213. The number of rotatable bonds is 4. The Labute approximate surface area is 271 Å². The summed E-state index contributed by atoms with van der Waals surface area (Å²) in [7, 11) is 0. The monoisotopic (exact) mass is 618 g/mol. The second-order valence-corrected chi connectivity index (χ2v) is 13.2. The molecule has 0 aliphatic carbocycles. The zero-order valence-corrected chi connectivity index (χ0v) is 26.6. The van der Waals surface area contributed by atoms with Gasteiger partial charge in [0.2, 0.25) is 0 Å². The number of aryl methyl sites for hydroxylation is 1. The summed E-state index contributed by atoms with van der Waals surface area (Å²) in [5, 5.41) is 4.44. The van der Waals surface area contributed by atoms with Crippen LogP contribution in [0.1, 0.15) is 32.0 Å². The first-order valence-electron chi connectivity index (χ1n) is 15.7. The van der Waals surface area contributed by atoms with Crippen LogP contribution in [0.3, 0.4) is 0 Å². The van der Waals surface area contributed by atoms with Crippen LogP contribution in [0, 0.1) is 18.6 Å². The number of nitrogens with zero attached hydrogens (tertiary/aromatic N) is 3. The first-order chi connectivity index (χ1) is 22.7. The molecular weight excluding hydrogens is 586 g/mol. The Morgan fingerprint density at radius 3 is 2.15 bits per heavy atom. The summed E-state index contributed by atoms with van der Waals surface area (Å²) in [6.07, 6.45) is 1.73. The molecule has 0 atom stereocenters. The lowest BCUT2D eigenvalue weighted by Gasteiger charge is -2.19. The number of halogens is 2. The molecule has 4 aromatic heterocycles. The Hall–Kier alpha value is -5.62. The maximum atomic E-state index is 15.1. The molecule has 4 aromatic carbocycles. The summed E-state index contributed by atoms with van der Waals surface area (Å²) >= 11 is 0. The number of fused-ring (bicyclic) bond motifs is 4. The molecule has 0 spiro atoms. The van der Waals surface area contributed by atoms with E-state index < -0.39 is 11.6 Å². The zero-order chi connectivity index (χ0) is 32.4. The van der Waals surface area contributed by atoms with Crippen LogP contribution >= 0.6 is 0 Å². The third-order valence-corrected chi connectivity index (χ3v) is 9.03. The number of nitrogens with one attached hydrogen (secondary N) is 1. The fraction of sp³-hybridized carbons (Fsp3) is 0.122. The summed E-state index contributed by atoms with van der Waals surface area (Å²) in [6, 6.07) is 34.4. The van der Waals surface area contributed by atoms with E-state index >= 15 is 4.39 Å². The number of pyridine rings is 2. The Morgan fingerprint density at radius 1 is 0.660 bits per heavy atom. The van der Waals surface area contributed by atoms with Crippen molar-refractivity contribution in [2.45, 2.75) is 33.1 Å². The van der Waals surface area contributed by atoms with Crippen LogP contribution < -0.4 is 0 Å². The van der Waals surface area contributed by atoms with Gasteiger partial charge in [0.05, 0.1) is 16.9 Å². The first kappa shape index (κ1) is 28.8. The van der Waals surface area contributed by atoms with Gasteiger partial charge in [0.15, 0.2) is 0 Å². The second-order valence-electron chi connectivity index (χ2n) is 13.2. The van der Waals surface area contributed by atoms with Crippen molar-refractivity contribution in [1.29, 1.82) is 0 Å². The summed E-state index contributed by atoms with van der Waals surface area (Å²) in [5.41, 5.74) is 8.18. The zero-order valence-electron chi connectivity index (χ0n) is 26.6. The van der Waals surface area contributed by atoms with E-state index in [1.54, 1.807) is 6.20 Å². The van der Waals surface area contributed by atoms with Gasteiger partial charge >= 0.3 is 0 Å². The lowest BCUT2D eigenvalue weighted by molar-refractivity contribution is 0.585. The number of H-pyrrole nitrogens is 1. The molecule has 4 nitrogen and oxygen atoms in total.